The van der Waals surface area contributed by atoms with Crippen LogP contribution >= 0.6 is 0 Å². The lowest BCUT2D eigenvalue weighted by Crippen LogP contribution is -2.35. The molecule has 0 aliphatic carbocycles. The molecule has 0 saturated carbocycles. The van der Waals surface area contributed by atoms with Crippen LogP contribution in [0.1, 0.15) is 37.0 Å². The third-order valence-corrected chi connectivity index (χ3v) is 4.14. The average molecular weight is 263 g/mol. The van der Waals surface area contributed by atoms with Crippen molar-refractivity contribution in [2.24, 2.45) is 5.41 Å². The van der Waals surface area contributed by atoms with Gasteiger partial charge in [-0.3, -0.25) is 0 Å². The standard InChI is InChI=1S/C17H29NO/c1-6-17(4,13-18-10-11-19-5)12-16-14(2)8-7-9-15(16)3/h7-9,18H,6,10-13H2,1-5H3. The summed E-state index contributed by atoms with van der Waals surface area (Å²) in [5, 5.41) is 3.51. The van der Waals surface area contributed by atoms with Crippen LogP contribution in [-0.2, 0) is 11.2 Å². The molecule has 1 aromatic rings. The maximum absolute atomic E-state index is 5.08. The molecule has 1 aromatic carbocycles. The first-order valence-corrected chi connectivity index (χ1v) is 7.27. The van der Waals surface area contributed by atoms with E-state index in [1.54, 1.807) is 7.11 Å². The molecular formula is C17H29NO. The quantitative estimate of drug-likeness (QED) is 0.725. The highest BCUT2D eigenvalue weighted by Crippen LogP contribution is 2.28. The number of ether oxygens (including phenoxy) is 1. The van der Waals surface area contributed by atoms with E-state index in [0.717, 1.165) is 26.1 Å². The molecule has 1 unspecified atom stereocenters. The summed E-state index contributed by atoms with van der Waals surface area (Å²) >= 11 is 0. The summed E-state index contributed by atoms with van der Waals surface area (Å²) in [5.41, 5.74) is 4.65. The van der Waals surface area contributed by atoms with Crippen molar-refractivity contribution >= 4 is 0 Å². The number of hydrogen-bond donors (Lipinski definition) is 1. The van der Waals surface area contributed by atoms with Crippen LogP contribution in [0.3, 0.4) is 0 Å². The van der Waals surface area contributed by atoms with Crippen molar-refractivity contribution in [3.63, 3.8) is 0 Å². The van der Waals surface area contributed by atoms with Crippen LogP contribution in [0.15, 0.2) is 18.2 Å². The summed E-state index contributed by atoms with van der Waals surface area (Å²) in [5.74, 6) is 0. The van der Waals surface area contributed by atoms with E-state index in [0.29, 0.717) is 5.41 Å². The molecule has 0 aromatic heterocycles. The van der Waals surface area contributed by atoms with E-state index in [2.05, 4.69) is 51.2 Å². The smallest absolute Gasteiger partial charge is 0.0587 e. The Morgan fingerprint density at radius 2 is 1.84 bits per heavy atom. The average Bonchev–Trinajstić information content (AvgIpc) is 2.39. The van der Waals surface area contributed by atoms with Gasteiger partial charge in [-0.05, 0) is 48.8 Å². The predicted molar refractivity (Wildman–Crippen MR) is 82.8 cm³/mol. The van der Waals surface area contributed by atoms with Crippen LogP contribution in [-0.4, -0.2) is 26.8 Å². The predicted octanol–water partition coefficient (Wildman–Crippen LogP) is 3.50. The number of aryl methyl sites for hydroxylation is 2. The Kier molecular flexibility index (Phi) is 6.53. The van der Waals surface area contributed by atoms with Gasteiger partial charge in [0.25, 0.3) is 0 Å². The topological polar surface area (TPSA) is 21.3 Å². The van der Waals surface area contributed by atoms with Gasteiger partial charge in [-0.25, -0.2) is 0 Å². The molecule has 0 aliphatic heterocycles. The highest BCUT2D eigenvalue weighted by molar-refractivity contribution is 5.34. The van der Waals surface area contributed by atoms with Gasteiger partial charge in [0, 0.05) is 20.2 Å². The molecule has 2 heteroatoms. The lowest BCUT2D eigenvalue weighted by molar-refractivity contribution is 0.191. The molecule has 0 heterocycles. The van der Waals surface area contributed by atoms with Gasteiger partial charge in [0.2, 0.25) is 0 Å². The molecule has 1 atom stereocenters. The first kappa shape index (κ1) is 16.2. The van der Waals surface area contributed by atoms with Gasteiger partial charge in [0.15, 0.2) is 0 Å². The zero-order valence-electron chi connectivity index (χ0n) is 13.2. The van der Waals surface area contributed by atoms with Gasteiger partial charge in [0.1, 0.15) is 0 Å². The molecule has 0 saturated heterocycles. The zero-order chi connectivity index (χ0) is 14.3. The molecule has 0 fully saturated rings. The summed E-state index contributed by atoms with van der Waals surface area (Å²) in [6.45, 7) is 11.8. The fourth-order valence-electron chi connectivity index (χ4n) is 2.43. The van der Waals surface area contributed by atoms with Gasteiger partial charge >= 0.3 is 0 Å². The summed E-state index contributed by atoms with van der Waals surface area (Å²) < 4.78 is 5.08. The molecule has 0 aliphatic rings. The van der Waals surface area contributed by atoms with Crippen molar-refractivity contribution < 1.29 is 4.74 Å². The molecule has 19 heavy (non-hydrogen) atoms. The van der Waals surface area contributed by atoms with Crippen molar-refractivity contribution in [1.82, 2.24) is 5.32 Å². The summed E-state index contributed by atoms with van der Waals surface area (Å²) in [7, 11) is 1.75. The van der Waals surface area contributed by atoms with Crippen LogP contribution < -0.4 is 5.32 Å². The van der Waals surface area contributed by atoms with E-state index in [1.165, 1.54) is 23.1 Å². The summed E-state index contributed by atoms with van der Waals surface area (Å²) in [6.07, 6.45) is 2.32. The van der Waals surface area contributed by atoms with Crippen LogP contribution in [0.4, 0.5) is 0 Å². The molecule has 2 nitrogen and oxygen atoms in total. The Morgan fingerprint density at radius 3 is 2.37 bits per heavy atom. The van der Waals surface area contributed by atoms with Crippen molar-refractivity contribution in [2.75, 3.05) is 26.8 Å². The lowest BCUT2D eigenvalue weighted by atomic mass is 9.79. The molecular weight excluding hydrogens is 234 g/mol. The fourth-order valence-corrected chi connectivity index (χ4v) is 2.43. The second-order valence-corrected chi connectivity index (χ2v) is 5.88. The Morgan fingerprint density at radius 1 is 1.21 bits per heavy atom. The Balaban J connectivity index is 2.69. The van der Waals surface area contributed by atoms with Crippen molar-refractivity contribution in [1.29, 1.82) is 0 Å². The van der Waals surface area contributed by atoms with Gasteiger partial charge in [-0.15, -0.1) is 0 Å². The Labute approximate surface area is 118 Å². The lowest BCUT2D eigenvalue weighted by Gasteiger charge is -2.30. The van der Waals surface area contributed by atoms with Gasteiger partial charge in [0.05, 0.1) is 6.61 Å². The second kappa shape index (κ2) is 7.66. The third kappa shape index (κ3) is 4.96. The van der Waals surface area contributed by atoms with Crippen LogP contribution in [0.25, 0.3) is 0 Å². The highest BCUT2D eigenvalue weighted by atomic mass is 16.5. The monoisotopic (exact) mass is 263 g/mol. The molecule has 0 spiro atoms. The first-order chi connectivity index (χ1) is 9.02. The van der Waals surface area contributed by atoms with E-state index in [4.69, 9.17) is 4.74 Å². The molecule has 0 bridgehead atoms. The molecule has 1 N–H and O–H groups in total. The van der Waals surface area contributed by atoms with Crippen molar-refractivity contribution in [3.05, 3.63) is 34.9 Å². The number of hydrogen-bond acceptors (Lipinski definition) is 2. The van der Waals surface area contributed by atoms with Crippen molar-refractivity contribution in [2.45, 2.75) is 40.5 Å². The number of rotatable bonds is 8. The van der Waals surface area contributed by atoms with Crippen LogP contribution in [0.2, 0.25) is 0 Å². The summed E-state index contributed by atoms with van der Waals surface area (Å²) in [4.78, 5) is 0. The van der Waals surface area contributed by atoms with E-state index in [9.17, 15) is 0 Å². The molecule has 1 rings (SSSR count). The van der Waals surface area contributed by atoms with E-state index >= 15 is 0 Å². The molecule has 108 valence electrons. The van der Waals surface area contributed by atoms with E-state index in [1.807, 2.05) is 0 Å². The van der Waals surface area contributed by atoms with E-state index < -0.39 is 0 Å². The minimum absolute atomic E-state index is 0.310. The maximum atomic E-state index is 5.08. The van der Waals surface area contributed by atoms with E-state index in [-0.39, 0.29) is 0 Å². The van der Waals surface area contributed by atoms with Gasteiger partial charge in [-0.1, -0.05) is 32.0 Å². The first-order valence-electron chi connectivity index (χ1n) is 7.27. The van der Waals surface area contributed by atoms with Gasteiger partial charge in [-0.2, -0.15) is 0 Å². The fraction of sp³-hybridized carbons (Fsp3) is 0.647. The number of benzene rings is 1. The number of methoxy groups -OCH3 is 1. The summed E-state index contributed by atoms with van der Waals surface area (Å²) in [6, 6.07) is 6.59. The van der Waals surface area contributed by atoms with Crippen molar-refractivity contribution in [3.8, 4) is 0 Å². The zero-order valence-corrected chi connectivity index (χ0v) is 13.2. The molecule has 0 amide bonds. The van der Waals surface area contributed by atoms with Gasteiger partial charge < -0.3 is 10.1 Å². The van der Waals surface area contributed by atoms with Crippen LogP contribution in [0, 0.1) is 19.3 Å². The normalized spacial score (nSPS) is 14.4. The SMILES string of the molecule is CCC(C)(CNCCOC)Cc1c(C)cccc1C. The minimum Gasteiger partial charge on any atom is -0.383 e. The minimum atomic E-state index is 0.310. The maximum Gasteiger partial charge on any atom is 0.0587 e. The van der Waals surface area contributed by atoms with Crippen LogP contribution in [0.5, 0.6) is 0 Å². The highest BCUT2D eigenvalue weighted by Gasteiger charge is 2.23. The Bertz CT molecular complexity index is 369. The second-order valence-electron chi connectivity index (χ2n) is 5.88. The Hall–Kier alpha value is -0.860. The number of nitrogens with one attached hydrogen (secondary N) is 1. The molecule has 0 radical (unpaired) electrons. The third-order valence-electron chi connectivity index (χ3n) is 4.14. The largest absolute Gasteiger partial charge is 0.383 e.